The van der Waals surface area contributed by atoms with Gasteiger partial charge in [-0.15, -0.1) is 0 Å². The van der Waals surface area contributed by atoms with Crippen LogP contribution in [0.2, 0.25) is 0 Å². The van der Waals surface area contributed by atoms with Gasteiger partial charge in [0.2, 0.25) is 5.82 Å². The molecule has 1 aliphatic rings. The van der Waals surface area contributed by atoms with Crippen molar-refractivity contribution in [1.29, 1.82) is 0 Å². The third-order valence-electron chi connectivity index (χ3n) is 2.98. The number of anilines is 1. The van der Waals surface area contributed by atoms with Crippen LogP contribution in [-0.2, 0) is 4.74 Å². The first-order valence-corrected chi connectivity index (χ1v) is 6.14. The Kier molecular flexibility index (Phi) is 4.09. The number of aromatic nitrogens is 1. The molecule has 1 saturated heterocycles. The maximum atomic E-state index is 10.9. The molecule has 2 heterocycles. The van der Waals surface area contributed by atoms with Crippen molar-refractivity contribution < 1.29 is 9.66 Å². The Bertz CT molecular complexity index is 431. The molecule has 0 saturated carbocycles. The smallest absolute Gasteiger partial charge is 0.311 e. The molecule has 2 rings (SSSR count). The molecule has 0 spiro atoms. The minimum absolute atomic E-state index is 0.0106. The van der Waals surface area contributed by atoms with Crippen molar-refractivity contribution in [2.75, 3.05) is 18.5 Å². The zero-order valence-corrected chi connectivity index (χ0v) is 10.4. The molecule has 6 nitrogen and oxygen atoms in total. The lowest BCUT2D eigenvalue weighted by atomic mass is 10.1. The molecule has 0 aliphatic carbocycles. The largest absolute Gasteiger partial charge is 0.376 e. The first-order chi connectivity index (χ1) is 8.66. The molecular weight excluding hydrogens is 234 g/mol. The Balaban J connectivity index is 2.03. The van der Waals surface area contributed by atoms with Gasteiger partial charge in [-0.1, -0.05) is 0 Å². The Hall–Kier alpha value is -1.69. The highest BCUT2D eigenvalue weighted by Crippen LogP contribution is 2.22. The number of nitro groups is 1. The minimum Gasteiger partial charge on any atom is -0.376 e. The molecule has 6 heteroatoms. The third-order valence-corrected chi connectivity index (χ3v) is 2.98. The molecule has 1 aliphatic heterocycles. The van der Waals surface area contributed by atoms with Gasteiger partial charge in [-0.2, -0.15) is 0 Å². The summed E-state index contributed by atoms with van der Waals surface area (Å²) in [6.45, 7) is 3.15. The molecule has 1 unspecified atom stereocenters. The second-order valence-electron chi connectivity index (χ2n) is 4.45. The van der Waals surface area contributed by atoms with Crippen molar-refractivity contribution >= 4 is 11.5 Å². The summed E-state index contributed by atoms with van der Waals surface area (Å²) >= 11 is 0. The lowest BCUT2D eigenvalue weighted by Gasteiger charge is -2.22. The molecule has 1 N–H and O–H groups in total. The van der Waals surface area contributed by atoms with E-state index in [-0.39, 0.29) is 11.8 Å². The predicted octanol–water partition coefficient (Wildman–Crippen LogP) is 2.28. The van der Waals surface area contributed by atoms with Gasteiger partial charge in [0.15, 0.2) is 0 Å². The van der Waals surface area contributed by atoms with E-state index in [0.29, 0.717) is 12.4 Å². The topological polar surface area (TPSA) is 77.3 Å². The van der Waals surface area contributed by atoms with Gasteiger partial charge in [0.1, 0.15) is 0 Å². The van der Waals surface area contributed by atoms with E-state index < -0.39 is 4.92 Å². The number of hydrogen-bond donors (Lipinski definition) is 1. The molecule has 0 radical (unpaired) electrons. The lowest BCUT2D eigenvalue weighted by Crippen LogP contribution is -2.27. The number of hydrogen-bond acceptors (Lipinski definition) is 5. The molecule has 0 amide bonds. The fourth-order valence-electron chi connectivity index (χ4n) is 2.01. The van der Waals surface area contributed by atoms with E-state index in [1.807, 2.05) is 6.92 Å². The summed E-state index contributed by atoms with van der Waals surface area (Å²) in [5.41, 5.74) is 0.768. The Labute approximate surface area is 106 Å². The normalized spacial score (nSPS) is 19.5. The van der Waals surface area contributed by atoms with Crippen LogP contribution in [0.25, 0.3) is 0 Å². The van der Waals surface area contributed by atoms with Crippen LogP contribution in [-0.4, -0.2) is 29.2 Å². The maximum Gasteiger partial charge on any atom is 0.311 e. The molecule has 1 aromatic heterocycles. The highest BCUT2D eigenvalue weighted by Gasteiger charge is 2.18. The van der Waals surface area contributed by atoms with Crippen LogP contribution in [0.5, 0.6) is 0 Å². The van der Waals surface area contributed by atoms with Crippen LogP contribution >= 0.6 is 0 Å². The number of nitrogens with zero attached hydrogens (tertiary/aromatic N) is 2. The molecular formula is C12H17N3O3. The van der Waals surface area contributed by atoms with E-state index in [0.717, 1.165) is 31.6 Å². The van der Waals surface area contributed by atoms with Crippen molar-refractivity contribution in [3.63, 3.8) is 0 Å². The van der Waals surface area contributed by atoms with E-state index >= 15 is 0 Å². The number of nitrogens with one attached hydrogen (secondary N) is 1. The molecule has 0 bridgehead atoms. The minimum atomic E-state index is -0.420. The molecule has 98 valence electrons. The summed E-state index contributed by atoms with van der Waals surface area (Å²) < 4.78 is 5.57. The standard InChI is InChI=1S/C12H17N3O3/c1-9-5-6-11(15(16)17)12(14-9)13-8-10-4-2-3-7-18-10/h5-6,10H,2-4,7-8H2,1H3,(H,13,14). The van der Waals surface area contributed by atoms with Crippen molar-refractivity contribution in [1.82, 2.24) is 4.98 Å². The highest BCUT2D eigenvalue weighted by molar-refractivity contribution is 5.56. The van der Waals surface area contributed by atoms with E-state index in [9.17, 15) is 10.1 Å². The summed E-state index contributed by atoms with van der Waals surface area (Å²) in [7, 11) is 0. The summed E-state index contributed by atoms with van der Waals surface area (Å²) in [6, 6.07) is 3.12. The summed E-state index contributed by atoms with van der Waals surface area (Å²) in [5.74, 6) is 0.328. The third kappa shape index (κ3) is 3.16. The Morgan fingerprint density at radius 2 is 2.39 bits per heavy atom. The van der Waals surface area contributed by atoms with Crippen molar-refractivity contribution in [3.05, 3.63) is 27.9 Å². The predicted molar refractivity (Wildman–Crippen MR) is 67.7 cm³/mol. The zero-order valence-electron chi connectivity index (χ0n) is 10.4. The monoisotopic (exact) mass is 251 g/mol. The van der Waals surface area contributed by atoms with Crippen molar-refractivity contribution in [3.8, 4) is 0 Å². The van der Waals surface area contributed by atoms with Gasteiger partial charge in [0, 0.05) is 24.9 Å². The second kappa shape index (κ2) is 5.77. The van der Waals surface area contributed by atoms with E-state index in [1.54, 1.807) is 6.07 Å². The van der Waals surface area contributed by atoms with Crippen LogP contribution in [0.4, 0.5) is 11.5 Å². The van der Waals surface area contributed by atoms with Gasteiger partial charge in [0.05, 0.1) is 11.0 Å². The maximum absolute atomic E-state index is 10.9. The fraction of sp³-hybridized carbons (Fsp3) is 0.583. The number of ether oxygens (including phenoxy) is 1. The zero-order chi connectivity index (χ0) is 13.0. The van der Waals surface area contributed by atoms with E-state index in [1.165, 1.54) is 6.07 Å². The molecule has 1 atom stereocenters. The average Bonchev–Trinajstić information content (AvgIpc) is 2.37. The van der Waals surface area contributed by atoms with Gasteiger partial charge in [0.25, 0.3) is 0 Å². The Morgan fingerprint density at radius 1 is 1.56 bits per heavy atom. The van der Waals surface area contributed by atoms with E-state index in [2.05, 4.69) is 10.3 Å². The summed E-state index contributed by atoms with van der Waals surface area (Å²) in [6.07, 6.45) is 3.36. The number of pyridine rings is 1. The van der Waals surface area contributed by atoms with E-state index in [4.69, 9.17) is 4.74 Å². The van der Waals surface area contributed by atoms with Crippen LogP contribution in [0, 0.1) is 17.0 Å². The van der Waals surface area contributed by atoms with Crippen LogP contribution in [0.3, 0.4) is 0 Å². The second-order valence-corrected chi connectivity index (χ2v) is 4.45. The summed E-state index contributed by atoms with van der Waals surface area (Å²) in [5, 5.41) is 13.9. The van der Waals surface area contributed by atoms with Gasteiger partial charge in [-0.3, -0.25) is 10.1 Å². The van der Waals surface area contributed by atoms with Gasteiger partial charge in [-0.25, -0.2) is 4.98 Å². The number of rotatable bonds is 4. The lowest BCUT2D eigenvalue weighted by molar-refractivity contribution is -0.384. The van der Waals surface area contributed by atoms with Gasteiger partial charge >= 0.3 is 5.69 Å². The molecule has 0 aromatic carbocycles. The molecule has 1 fully saturated rings. The summed E-state index contributed by atoms with van der Waals surface area (Å²) in [4.78, 5) is 14.6. The van der Waals surface area contributed by atoms with Crippen LogP contribution in [0.15, 0.2) is 12.1 Å². The van der Waals surface area contributed by atoms with Crippen LogP contribution in [0.1, 0.15) is 25.0 Å². The average molecular weight is 251 g/mol. The number of aryl methyl sites for hydroxylation is 1. The van der Waals surface area contributed by atoms with Crippen LogP contribution < -0.4 is 5.32 Å². The fourth-order valence-corrected chi connectivity index (χ4v) is 2.01. The first-order valence-electron chi connectivity index (χ1n) is 6.14. The quantitative estimate of drug-likeness (QED) is 0.656. The highest BCUT2D eigenvalue weighted by atomic mass is 16.6. The van der Waals surface area contributed by atoms with Crippen molar-refractivity contribution in [2.24, 2.45) is 0 Å². The first kappa shape index (κ1) is 12.8. The molecule has 18 heavy (non-hydrogen) atoms. The SMILES string of the molecule is Cc1ccc([N+](=O)[O-])c(NCC2CCCCO2)n1. The Morgan fingerprint density at radius 3 is 3.06 bits per heavy atom. The van der Waals surface area contributed by atoms with Gasteiger partial charge < -0.3 is 10.1 Å². The van der Waals surface area contributed by atoms with Gasteiger partial charge in [-0.05, 0) is 32.3 Å². The molecule has 1 aromatic rings. The van der Waals surface area contributed by atoms with Crippen molar-refractivity contribution in [2.45, 2.75) is 32.3 Å².